The van der Waals surface area contributed by atoms with Crippen LogP contribution in [0.15, 0.2) is 24.3 Å². The maximum atomic E-state index is 11.4. The Bertz CT molecular complexity index is 442. The van der Waals surface area contributed by atoms with E-state index in [1.807, 2.05) is 0 Å². The van der Waals surface area contributed by atoms with Gasteiger partial charge in [0.2, 0.25) is 0 Å². The lowest BCUT2D eigenvalue weighted by molar-refractivity contribution is -0.170. The van der Waals surface area contributed by atoms with E-state index < -0.39 is 17.9 Å². The molecule has 0 unspecified atom stereocenters. The van der Waals surface area contributed by atoms with E-state index in [4.69, 9.17) is 0 Å². The number of amides is 3. The van der Waals surface area contributed by atoms with E-state index in [1.54, 1.807) is 18.2 Å². The molecular weight excluding hydrogens is 224 g/mol. The SMILES string of the molecule is O=C(Nc1c[c]ccc1)ON1C(=O)CCC1=O. The molecule has 2 rings (SSSR count). The molecule has 0 aromatic heterocycles. The van der Waals surface area contributed by atoms with E-state index in [-0.39, 0.29) is 12.8 Å². The number of carbonyl (C=O) groups excluding carboxylic acids is 3. The van der Waals surface area contributed by atoms with E-state index in [2.05, 4.69) is 16.2 Å². The van der Waals surface area contributed by atoms with Gasteiger partial charge in [-0.1, -0.05) is 12.1 Å². The Kier molecular flexibility index (Phi) is 3.04. The van der Waals surface area contributed by atoms with Gasteiger partial charge in [-0.3, -0.25) is 14.9 Å². The molecule has 1 aliphatic rings. The molecule has 1 aromatic carbocycles. The molecule has 1 fully saturated rings. The fourth-order valence-electron chi connectivity index (χ4n) is 1.35. The molecule has 0 atom stereocenters. The van der Waals surface area contributed by atoms with Crippen LogP contribution in [-0.2, 0) is 14.4 Å². The van der Waals surface area contributed by atoms with Gasteiger partial charge in [0.25, 0.3) is 11.8 Å². The highest BCUT2D eigenvalue weighted by molar-refractivity contribution is 6.02. The number of benzene rings is 1. The van der Waals surface area contributed by atoms with Crippen LogP contribution in [0.5, 0.6) is 0 Å². The molecular formula is C11H9N2O4. The number of imide groups is 1. The third-order valence-corrected chi connectivity index (χ3v) is 2.13. The van der Waals surface area contributed by atoms with E-state index in [9.17, 15) is 14.4 Å². The predicted octanol–water partition coefficient (Wildman–Crippen LogP) is 1.10. The third kappa shape index (κ3) is 2.60. The van der Waals surface area contributed by atoms with Crippen LogP contribution in [0.25, 0.3) is 0 Å². The highest BCUT2D eigenvalue weighted by atomic mass is 16.7. The van der Waals surface area contributed by atoms with Gasteiger partial charge in [0.1, 0.15) is 0 Å². The molecule has 0 aliphatic carbocycles. The van der Waals surface area contributed by atoms with Gasteiger partial charge < -0.3 is 4.84 Å². The molecule has 6 nitrogen and oxygen atoms in total. The summed E-state index contributed by atoms with van der Waals surface area (Å²) >= 11 is 0. The molecule has 6 heteroatoms. The van der Waals surface area contributed by atoms with Crippen molar-refractivity contribution in [2.24, 2.45) is 0 Å². The first kappa shape index (κ1) is 11.1. The Morgan fingerprint density at radius 2 is 2.06 bits per heavy atom. The number of anilines is 1. The topological polar surface area (TPSA) is 75.7 Å². The summed E-state index contributed by atoms with van der Waals surface area (Å²) in [5.41, 5.74) is 0.469. The molecule has 0 spiro atoms. The number of hydroxylamine groups is 2. The largest absolute Gasteiger partial charge is 0.436 e. The fraction of sp³-hybridized carbons (Fsp3) is 0.182. The Morgan fingerprint density at radius 1 is 1.35 bits per heavy atom. The van der Waals surface area contributed by atoms with Crippen LogP contribution in [0.3, 0.4) is 0 Å². The molecule has 1 aliphatic heterocycles. The van der Waals surface area contributed by atoms with Crippen molar-refractivity contribution in [3.05, 3.63) is 30.3 Å². The summed E-state index contributed by atoms with van der Waals surface area (Å²) in [6.07, 6.45) is -0.732. The zero-order chi connectivity index (χ0) is 12.3. The third-order valence-electron chi connectivity index (χ3n) is 2.13. The van der Waals surface area contributed by atoms with E-state index in [0.717, 1.165) is 0 Å². The molecule has 87 valence electrons. The van der Waals surface area contributed by atoms with Crippen LogP contribution in [0.1, 0.15) is 12.8 Å². The van der Waals surface area contributed by atoms with Crippen LogP contribution in [0.4, 0.5) is 10.5 Å². The van der Waals surface area contributed by atoms with Crippen molar-refractivity contribution in [1.29, 1.82) is 0 Å². The lowest BCUT2D eigenvalue weighted by Crippen LogP contribution is -2.33. The molecule has 1 saturated heterocycles. The number of rotatable bonds is 2. The van der Waals surface area contributed by atoms with Crippen molar-refractivity contribution in [1.82, 2.24) is 5.06 Å². The van der Waals surface area contributed by atoms with Crippen molar-refractivity contribution in [2.75, 3.05) is 5.32 Å². The highest BCUT2D eigenvalue weighted by Crippen LogP contribution is 2.13. The zero-order valence-corrected chi connectivity index (χ0v) is 8.80. The van der Waals surface area contributed by atoms with Crippen molar-refractivity contribution in [2.45, 2.75) is 12.8 Å². The van der Waals surface area contributed by atoms with Crippen molar-refractivity contribution in [3.63, 3.8) is 0 Å². The quantitative estimate of drug-likeness (QED) is 0.776. The van der Waals surface area contributed by atoms with Gasteiger partial charge >= 0.3 is 6.09 Å². The number of nitrogens with zero attached hydrogens (tertiary/aromatic N) is 1. The van der Waals surface area contributed by atoms with E-state index in [0.29, 0.717) is 10.8 Å². The van der Waals surface area contributed by atoms with Crippen LogP contribution >= 0.6 is 0 Å². The Hall–Kier alpha value is -2.37. The molecule has 0 bridgehead atoms. The first-order valence-corrected chi connectivity index (χ1v) is 4.97. The smallest absolute Gasteiger partial charge is 0.311 e. The van der Waals surface area contributed by atoms with Gasteiger partial charge in [-0.25, -0.2) is 4.79 Å². The molecule has 17 heavy (non-hydrogen) atoms. The molecule has 1 N–H and O–H groups in total. The second kappa shape index (κ2) is 4.65. The molecule has 1 radical (unpaired) electrons. The van der Waals surface area contributed by atoms with Gasteiger partial charge in [-0.15, -0.1) is 5.06 Å². The average Bonchev–Trinajstić information content (AvgIpc) is 2.62. The monoisotopic (exact) mass is 233 g/mol. The second-order valence-electron chi connectivity index (χ2n) is 3.38. The summed E-state index contributed by atoms with van der Waals surface area (Å²) in [7, 11) is 0. The van der Waals surface area contributed by atoms with Gasteiger partial charge in [-0.05, 0) is 18.2 Å². The minimum atomic E-state index is -0.881. The van der Waals surface area contributed by atoms with Crippen LogP contribution in [-0.4, -0.2) is 23.0 Å². The molecule has 0 saturated carbocycles. The van der Waals surface area contributed by atoms with Crippen LogP contribution in [0.2, 0.25) is 0 Å². The Labute approximate surface area is 97.1 Å². The van der Waals surface area contributed by atoms with Gasteiger partial charge in [0.05, 0.1) is 0 Å². The first-order chi connectivity index (χ1) is 8.16. The van der Waals surface area contributed by atoms with Gasteiger partial charge in [0.15, 0.2) is 0 Å². The van der Waals surface area contributed by atoms with Crippen LogP contribution in [0, 0.1) is 6.07 Å². The standard InChI is InChI=1S/C11H9N2O4/c14-9-6-7-10(15)13(9)17-11(16)12-8-4-2-1-3-5-8/h1-2,4-5H,6-7H2,(H,12,16). The Balaban J connectivity index is 1.94. The van der Waals surface area contributed by atoms with Gasteiger partial charge in [0, 0.05) is 18.5 Å². The van der Waals surface area contributed by atoms with Crippen molar-refractivity contribution < 1.29 is 19.2 Å². The van der Waals surface area contributed by atoms with Gasteiger partial charge in [-0.2, -0.15) is 0 Å². The molecule has 3 amide bonds. The summed E-state index contributed by atoms with van der Waals surface area (Å²) in [6.45, 7) is 0. The number of carbonyl (C=O) groups is 3. The molecule has 1 heterocycles. The maximum absolute atomic E-state index is 11.4. The number of hydrogen-bond acceptors (Lipinski definition) is 4. The van der Waals surface area contributed by atoms with Crippen molar-refractivity contribution in [3.8, 4) is 0 Å². The summed E-state index contributed by atoms with van der Waals surface area (Å²) in [6, 6.07) is 9.28. The highest BCUT2D eigenvalue weighted by Gasteiger charge is 2.32. The summed E-state index contributed by atoms with van der Waals surface area (Å²) in [5.74, 6) is -1.02. The van der Waals surface area contributed by atoms with Crippen LogP contribution < -0.4 is 5.32 Å². The van der Waals surface area contributed by atoms with Crippen molar-refractivity contribution >= 4 is 23.6 Å². The summed E-state index contributed by atoms with van der Waals surface area (Å²) in [5, 5.41) is 2.86. The number of nitrogens with one attached hydrogen (secondary N) is 1. The average molecular weight is 233 g/mol. The normalized spacial score (nSPS) is 14.9. The first-order valence-electron chi connectivity index (χ1n) is 4.97. The van der Waals surface area contributed by atoms with E-state index >= 15 is 0 Å². The number of hydrogen-bond donors (Lipinski definition) is 1. The Morgan fingerprint density at radius 3 is 2.65 bits per heavy atom. The lowest BCUT2D eigenvalue weighted by Gasteiger charge is -2.12. The minimum absolute atomic E-state index is 0.0746. The zero-order valence-electron chi connectivity index (χ0n) is 8.80. The van der Waals surface area contributed by atoms with E-state index in [1.165, 1.54) is 6.07 Å². The molecule has 1 aromatic rings. The fourth-order valence-corrected chi connectivity index (χ4v) is 1.35. The summed E-state index contributed by atoms with van der Waals surface area (Å²) < 4.78 is 0. The maximum Gasteiger partial charge on any atom is 0.436 e. The summed E-state index contributed by atoms with van der Waals surface area (Å²) in [4.78, 5) is 38.3. The predicted molar refractivity (Wildman–Crippen MR) is 56.5 cm³/mol. The minimum Gasteiger partial charge on any atom is -0.311 e. The second-order valence-corrected chi connectivity index (χ2v) is 3.38. The lowest BCUT2D eigenvalue weighted by atomic mass is 10.3.